The van der Waals surface area contributed by atoms with E-state index in [1.54, 1.807) is 6.07 Å². The quantitative estimate of drug-likeness (QED) is 0.884. The molecule has 1 aromatic carbocycles. The van der Waals surface area contributed by atoms with Crippen molar-refractivity contribution in [3.63, 3.8) is 0 Å². The Labute approximate surface area is 99.2 Å². The largest absolute Gasteiger partial charge is 0.405 e. The molecule has 0 amide bonds. The van der Waals surface area contributed by atoms with Gasteiger partial charge in [-0.2, -0.15) is 13.2 Å². The molecule has 0 radical (unpaired) electrons. The third-order valence-corrected chi connectivity index (χ3v) is 2.48. The molecule has 0 heterocycles. The Bertz CT molecular complexity index is 375. The Morgan fingerprint density at radius 3 is 2.47 bits per heavy atom. The van der Waals surface area contributed by atoms with E-state index in [2.05, 4.69) is 0 Å². The van der Waals surface area contributed by atoms with Gasteiger partial charge in [-0.05, 0) is 31.5 Å². The number of alkyl halides is 3. The van der Waals surface area contributed by atoms with E-state index in [0.29, 0.717) is 18.7 Å². The predicted octanol–water partition coefficient (Wildman–Crippen LogP) is 2.49. The van der Waals surface area contributed by atoms with Crippen LogP contribution in [0.15, 0.2) is 18.2 Å². The molecule has 0 fully saturated rings. The third kappa shape index (κ3) is 4.26. The first-order valence-corrected chi connectivity index (χ1v) is 5.41. The molecular weight excluding hydrogens is 229 g/mol. The molecule has 0 saturated carbocycles. The second-order valence-electron chi connectivity index (χ2n) is 4.14. The lowest BCUT2D eigenvalue weighted by atomic mass is 10.1. The molecule has 0 aliphatic carbocycles. The maximum atomic E-state index is 12.3. The van der Waals surface area contributed by atoms with Crippen molar-refractivity contribution in [2.45, 2.75) is 19.5 Å². The number of benzene rings is 1. The van der Waals surface area contributed by atoms with Crippen molar-refractivity contribution in [3.8, 4) is 0 Å². The van der Waals surface area contributed by atoms with Crippen molar-refractivity contribution < 1.29 is 13.2 Å². The Morgan fingerprint density at radius 1 is 1.29 bits per heavy atom. The van der Waals surface area contributed by atoms with E-state index in [-0.39, 0.29) is 0 Å². The summed E-state index contributed by atoms with van der Waals surface area (Å²) in [5, 5.41) is 0. The number of nitrogens with two attached hydrogens (primary N) is 1. The molecule has 0 aliphatic heterocycles. The number of nitrogens with zero attached hydrogens (tertiary/aromatic N) is 1. The first kappa shape index (κ1) is 13.8. The van der Waals surface area contributed by atoms with Gasteiger partial charge in [-0.1, -0.05) is 17.7 Å². The van der Waals surface area contributed by atoms with Gasteiger partial charge in [0, 0.05) is 12.7 Å². The zero-order chi connectivity index (χ0) is 13.1. The van der Waals surface area contributed by atoms with Crippen molar-refractivity contribution in [1.29, 1.82) is 0 Å². The van der Waals surface area contributed by atoms with Crippen LogP contribution in [0.5, 0.6) is 0 Å². The topological polar surface area (TPSA) is 29.3 Å². The van der Waals surface area contributed by atoms with Crippen LogP contribution in [0.3, 0.4) is 0 Å². The monoisotopic (exact) mass is 246 g/mol. The minimum absolute atomic E-state index is 0.427. The molecule has 1 rings (SSSR count). The standard InChI is InChI=1S/C12H17F3N2/c1-9-3-4-11(10(7-9)5-6-16)17(2)8-12(13,14)15/h3-4,7H,5-6,8,16H2,1-2H3. The molecule has 1 aromatic rings. The summed E-state index contributed by atoms with van der Waals surface area (Å²) in [5.41, 5.74) is 7.95. The maximum absolute atomic E-state index is 12.3. The van der Waals surface area contributed by atoms with Crippen LogP contribution >= 0.6 is 0 Å². The fourth-order valence-corrected chi connectivity index (χ4v) is 1.80. The Hall–Kier alpha value is -1.23. The van der Waals surface area contributed by atoms with Crippen molar-refractivity contribution in [1.82, 2.24) is 0 Å². The molecule has 0 spiro atoms. The molecule has 0 aliphatic rings. The van der Waals surface area contributed by atoms with Gasteiger partial charge in [0.1, 0.15) is 6.54 Å². The van der Waals surface area contributed by atoms with Gasteiger partial charge in [-0.3, -0.25) is 0 Å². The fourth-order valence-electron chi connectivity index (χ4n) is 1.80. The van der Waals surface area contributed by atoms with E-state index >= 15 is 0 Å². The van der Waals surface area contributed by atoms with Crippen molar-refractivity contribution >= 4 is 5.69 Å². The first-order chi connectivity index (χ1) is 7.83. The van der Waals surface area contributed by atoms with Gasteiger partial charge in [0.15, 0.2) is 0 Å². The number of hydrogen-bond acceptors (Lipinski definition) is 2. The van der Waals surface area contributed by atoms with Crippen LogP contribution in [-0.4, -0.2) is 26.3 Å². The van der Waals surface area contributed by atoms with Crippen LogP contribution in [0.25, 0.3) is 0 Å². The van der Waals surface area contributed by atoms with Gasteiger partial charge in [0.25, 0.3) is 0 Å². The van der Waals surface area contributed by atoms with Crippen molar-refractivity contribution in [2.75, 3.05) is 25.0 Å². The van der Waals surface area contributed by atoms with Gasteiger partial charge in [-0.15, -0.1) is 0 Å². The molecule has 0 unspecified atom stereocenters. The molecular formula is C12H17F3N2. The molecule has 2 N–H and O–H groups in total. The number of hydrogen-bond donors (Lipinski definition) is 1. The highest BCUT2D eigenvalue weighted by atomic mass is 19.4. The number of aryl methyl sites for hydroxylation is 1. The molecule has 0 bridgehead atoms. The highest BCUT2D eigenvalue weighted by molar-refractivity contribution is 5.54. The van der Waals surface area contributed by atoms with Crippen LogP contribution in [0.1, 0.15) is 11.1 Å². The summed E-state index contributed by atoms with van der Waals surface area (Å²) in [6.45, 7) is 1.39. The number of halogens is 3. The lowest BCUT2D eigenvalue weighted by molar-refractivity contribution is -0.119. The highest BCUT2D eigenvalue weighted by Crippen LogP contribution is 2.25. The Morgan fingerprint density at radius 2 is 1.94 bits per heavy atom. The second kappa shape index (κ2) is 5.40. The van der Waals surface area contributed by atoms with E-state index in [9.17, 15) is 13.2 Å². The average Bonchev–Trinajstić information content (AvgIpc) is 2.15. The van der Waals surface area contributed by atoms with E-state index in [4.69, 9.17) is 5.73 Å². The predicted molar refractivity (Wildman–Crippen MR) is 63.3 cm³/mol. The first-order valence-electron chi connectivity index (χ1n) is 5.41. The molecule has 0 aromatic heterocycles. The third-order valence-electron chi connectivity index (χ3n) is 2.48. The molecule has 5 heteroatoms. The summed E-state index contributed by atoms with van der Waals surface area (Å²) in [7, 11) is 1.44. The zero-order valence-corrected chi connectivity index (χ0v) is 10.0. The summed E-state index contributed by atoms with van der Waals surface area (Å²) in [6, 6.07) is 5.41. The molecule has 0 saturated heterocycles. The van der Waals surface area contributed by atoms with E-state index in [1.165, 1.54) is 11.9 Å². The van der Waals surface area contributed by atoms with Crippen LogP contribution in [-0.2, 0) is 6.42 Å². The second-order valence-corrected chi connectivity index (χ2v) is 4.14. The van der Waals surface area contributed by atoms with Crippen LogP contribution in [0, 0.1) is 6.92 Å². The van der Waals surface area contributed by atoms with E-state index in [1.807, 2.05) is 19.1 Å². The molecule has 96 valence electrons. The summed E-state index contributed by atoms with van der Waals surface area (Å²) in [4.78, 5) is 1.21. The zero-order valence-electron chi connectivity index (χ0n) is 10.0. The van der Waals surface area contributed by atoms with Gasteiger partial charge in [0.05, 0.1) is 0 Å². The Balaban J connectivity index is 2.95. The summed E-state index contributed by atoms with van der Waals surface area (Å²) >= 11 is 0. The van der Waals surface area contributed by atoms with Crippen molar-refractivity contribution in [2.24, 2.45) is 5.73 Å². The van der Waals surface area contributed by atoms with Gasteiger partial charge < -0.3 is 10.6 Å². The minimum Gasteiger partial charge on any atom is -0.365 e. The lowest BCUT2D eigenvalue weighted by Gasteiger charge is -2.24. The smallest absolute Gasteiger partial charge is 0.365 e. The van der Waals surface area contributed by atoms with E-state index in [0.717, 1.165) is 11.1 Å². The maximum Gasteiger partial charge on any atom is 0.405 e. The van der Waals surface area contributed by atoms with E-state index < -0.39 is 12.7 Å². The van der Waals surface area contributed by atoms with Crippen LogP contribution < -0.4 is 10.6 Å². The van der Waals surface area contributed by atoms with Crippen LogP contribution in [0.4, 0.5) is 18.9 Å². The summed E-state index contributed by atoms with van der Waals surface area (Å²) in [6.07, 6.45) is -3.61. The summed E-state index contributed by atoms with van der Waals surface area (Å²) < 4.78 is 37.0. The normalized spacial score (nSPS) is 11.6. The highest BCUT2D eigenvalue weighted by Gasteiger charge is 2.29. The lowest BCUT2D eigenvalue weighted by Crippen LogP contribution is -2.31. The van der Waals surface area contributed by atoms with Crippen LogP contribution in [0.2, 0.25) is 0 Å². The number of anilines is 1. The molecule has 0 atom stereocenters. The number of rotatable bonds is 4. The Kier molecular flexibility index (Phi) is 4.40. The van der Waals surface area contributed by atoms with Crippen molar-refractivity contribution in [3.05, 3.63) is 29.3 Å². The fraction of sp³-hybridized carbons (Fsp3) is 0.500. The van der Waals surface area contributed by atoms with Gasteiger partial charge in [-0.25, -0.2) is 0 Å². The molecule has 2 nitrogen and oxygen atoms in total. The van der Waals surface area contributed by atoms with Gasteiger partial charge >= 0.3 is 6.18 Å². The molecule has 17 heavy (non-hydrogen) atoms. The summed E-state index contributed by atoms with van der Waals surface area (Å²) in [5.74, 6) is 0. The van der Waals surface area contributed by atoms with Gasteiger partial charge in [0.2, 0.25) is 0 Å². The SMILES string of the molecule is Cc1ccc(N(C)CC(F)(F)F)c(CCN)c1. The minimum atomic E-state index is -4.19. The average molecular weight is 246 g/mol.